The monoisotopic (exact) mass is 398 g/mol. The van der Waals surface area contributed by atoms with E-state index >= 15 is 0 Å². The number of carbonyl (C=O) groups excluding carboxylic acids is 1. The molecule has 1 fully saturated rings. The molecular formula is C21H22N2O2S2. The first-order valence-corrected chi connectivity index (χ1v) is 10.8. The molecule has 4 rings (SSSR count). The lowest BCUT2D eigenvalue weighted by Gasteiger charge is -2.32. The van der Waals surface area contributed by atoms with E-state index in [1.807, 2.05) is 22.4 Å². The van der Waals surface area contributed by atoms with Gasteiger partial charge in [-0.3, -0.25) is 4.79 Å². The topological polar surface area (TPSA) is 42.4 Å². The Bertz CT molecular complexity index is 926. The van der Waals surface area contributed by atoms with Crippen LogP contribution in [0.1, 0.15) is 33.6 Å². The number of nitrogens with zero attached hydrogens (tertiary/aromatic N) is 2. The van der Waals surface area contributed by atoms with Crippen LogP contribution >= 0.6 is 22.7 Å². The summed E-state index contributed by atoms with van der Waals surface area (Å²) >= 11 is 3.12. The highest BCUT2D eigenvalue weighted by molar-refractivity contribution is 7.21. The highest BCUT2D eigenvalue weighted by atomic mass is 32.1. The van der Waals surface area contributed by atoms with Gasteiger partial charge in [-0.15, -0.1) is 22.7 Å². The minimum Gasteiger partial charge on any atom is -0.490 e. The first-order chi connectivity index (χ1) is 13.1. The third kappa shape index (κ3) is 4.06. The van der Waals surface area contributed by atoms with Gasteiger partial charge in [-0.1, -0.05) is 18.2 Å². The van der Waals surface area contributed by atoms with Gasteiger partial charge in [-0.05, 0) is 42.5 Å². The van der Waals surface area contributed by atoms with Crippen molar-refractivity contribution in [3.8, 4) is 15.6 Å². The van der Waals surface area contributed by atoms with Gasteiger partial charge in [0.2, 0.25) is 0 Å². The fraction of sp³-hybridized carbons (Fsp3) is 0.333. The molecule has 2 aromatic heterocycles. The van der Waals surface area contributed by atoms with E-state index in [-0.39, 0.29) is 12.0 Å². The molecule has 0 N–H and O–H groups in total. The first-order valence-electron chi connectivity index (χ1n) is 9.13. The number of carbonyl (C=O) groups is 1. The van der Waals surface area contributed by atoms with E-state index in [1.54, 1.807) is 17.5 Å². The maximum absolute atomic E-state index is 12.8. The molecule has 0 aliphatic carbocycles. The average molecular weight is 399 g/mol. The van der Waals surface area contributed by atoms with Crippen molar-refractivity contribution >= 4 is 28.6 Å². The van der Waals surface area contributed by atoms with Gasteiger partial charge in [0.15, 0.2) is 0 Å². The van der Waals surface area contributed by atoms with E-state index in [0.29, 0.717) is 4.88 Å². The van der Waals surface area contributed by atoms with Crippen LogP contribution in [0.4, 0.5) is 0 Å². The zero-order valence-electron chi connectivity index (χ0n) is 15.5. The molecule has 0 bridgehead atoms. The van der Waals surface area contributed by atoms with Gasteiger partial charge in [-0.25, -0.2) is 4.98 Å². The molecule has 0 radical (unpaired) electrons. The highest BCUT2D eigenvalue weighted by Gasteiger charge is 2.26. The zero-order chi connectivity index (χ0) is 18.8. The predicted octanol–water partition coefficient (Wildman–Crippen LogP) is 5.17. The maximum Gasteiger partial charge on any atom is 0.265 e. The summed E-state index contributed by atoms with van der Waals surface area (Å²) in [6, 6.07) is 10.3. The van der Waals surface area contributed by atoms with Gasteiger partial charge >= 0.3 is 0 Å². The maximum atomic E-state index is 12.8. The predicted molar refractivity (Wildman–Crippen MR) is 111 cm³/mol. The Morgan fingerprint density at radius 1 is 1.22 bits per heavy atom. The Morgan fingerprint density at radius 3 is 2.78 bits per heavy atom. The Labute approximate surface area is 167 Å². The fourth-order valence-electron chi connectivity index (χ4n) is 3.23. The van der Waals surface area contributed by atoms with Crippen LogP contribution in [0.2, 0.25) is 0 Å². The Morgan fingerprint density at radius 2 is 2.04 bits per heavy atom. The van der Waals surface area contributed by atoms with E-state index in [2.05, 4.69) is 37.0 Å². The molecule has 4 nitrogen and oxygen atoms in total. The van der Waals surface area contributed by atoms with E-state index in [0.717, 1.165) is 47.1 Å². The summed E-state index contributed by atoms with van der Waals surface area (Å²) in [6.45, 7) is 5.59. The molecule has 27 heavy (non-hydrogen) atoms. The average Bonchev–Trinajstić information content (AvgIpc) is 3.36. The molecular weight excluding hydrogens is 376 g/mol. The number of thiophene rings is 1. The van der Waals surface area contributed by atoms with E-state index in [1.165, 1.54) is 16.9 Å². The second-order valence-corrected chi connectivity index (χ2v) is 8.86. The summed E-state index contributed by atoms with van der Waals surface area (Å²) in [5, 5.41) is 2.94. The number of hydrogen-bond donors (Lipinski definition) is 0. The van der Waals surface area contributed by atoms with Crippen LogP contribution in [0.5, 0.6) is 5.75 Å². The van der Waals surface area contributed by atoms with Crippen molar-refractivity contribution < 1.29 is 9.53 Å². The van der Waals surface area contributed by atoms with Gasteiger partial charge in [0, 0.05) is 25.9 Å². The first kappa shape index (κ1) is 18.2. The Balaban J connectivity index is 1.36. The van der Waals surface area contributed by atoms with Gasteiger partial charge in [-0.2, -0.15) is 0 Å². The molecule has 0 saturated carbocycles. The summed E-state index contributed by atoms with van der Waals surface area (Å²) in [5.74, 6) is 1.04. The highest BCUT2D eigenvalue weighted by Crippen LogP contribution is 2.30. The number of thiazole rings is 1. The smallest absolute Gasteiger partial charge is 0.265 e. The number of aromatic nitrogens is 1. The van der Waals surface area contributed by atoms with Crippen LogP contribution in [-0.4, -0.2) is 35.0 Å². The summed E-state index contributed by atoms with van der Waals surface area (Å²) in [4.78, 5) is 21.0. The normalized spacial score (nSPS) is 15.1. The Kier molecular flexibility index (Phi) is 5.27. The minimum atomic E-state index is 0.0838. The van der Waals surface area contributed by atoms with Gasteiger partial charge < -0.3 is 9.64 Å². The van der Waals surface area contributed by atoms with Gasteiger partial charge in [0.1, 0.15) is 21.7 Å². The van der Waals surface area contributed by atoms with E-state index < -0.39 is 0 Å². The van der Waals surface area contributed by atoms with Crippen LogP contribution in [0, 0.1) is 13.8 Å². The van der Waals surface area contributed by atoms with Crippen LogP contribution in [0.3, 0.4) is 0 Å². The zero-order valence-corrected chi connectivity index (χ0v) is 17.1. The quantitative estimate of drug-likeness (QED) is 0.609. The summed E-state index contributed by atoms with van der Waals surface area (Å²) in [6.07, 6.45) is 3.59. The molecule has 3 heterocycles. The number of aryl methyl sites for hydroxylation is 2. The van der Waals surface area contributed by atoms with Crippen molar-refractivity contribution in [3.05, 3.63) is 57.9 Å². The number of rotatable bonds is 4. The van der Waals surface area contributed by atoms with Crippen molar-refractivity contribution in [2.24, 2.45) is 0 Å². The Hall–Kier alpha value is -2.18. The fourth-order valence-corrected chi connectivity index (χ4v) is 4.92. The molecule has 3 aromatic rings. The summed E-state index contributed by atoms with van der Waals surface area (Å²) in [7, 11) is 0. The lowest BCUT2D eigenvalue weighted by atomic mass is 10.1. The molecule has 1 amide bonds. The number of piperidine rings is 1. The van der Waals surface area contributed by atoms with Crippen LogP contribution < -0.4 is 4.74 Å². The van der Waals surface area contributed by atoms with Crippen molar-refractivity contribution in [1.82, 2.24) is 9.88 Å². The van der Waals surface area contributed by atoms with Crippen LogP contribution in [0.15, 0.2) is 41.9 Å². The minimum absolute atomic E-state index is 0.0838. The standard InChI is InChI=1S/C21H22N2O2S2/c1-14-5-6-15(2)17(12-14)25-16-7-9-23(10-8-16)21(24)19-13-22-20(27-19)18-4-3-11-26-18/h3-6,11-13,16H,7-10H2,1-2H3. The van der Waals surface area contributed by atoms with Crippen LogP contribution in [-0.2, 0) is 0 Å². The van der Waals surface area contributed by atoms with Crippen molar-refractivity contribution in [3.63, 3.8) is 0 Å². The van der Waals surface area contributed by atoms with Crippen LogP contribution in [0.25, 0.3) is 9.88 Å². The second kappa shape index (κ2) is 7.82. The number of benzene rings is 1. The molecule has 1 aliphatic heterocycles. The van der Waals surface area contributed by atoms with Crippen molar-refractivity contribution in [2.45, 2.75) is 32.8 Å². The molecule has 1 aliphatic rings. The molecule has 1 aromatic carbocycles. The van der Waals surface area contributed by atoms with Crippen molar-refractivity contribution in [1.29, 1.82) is 0 Å². The number of ether oxygens (including phenoxy) is 1. The van der Waals surface area contributed by atoms with Crippen molar-refractivity contribution in [2.75, 3.05) is 13.1 Å². The number of amides is 1. The summed E-state index contributed by atoms with van der Waals surface area (Å²) < 4.78 is 6.21. The lowest BCUT2D eigenvalue weighted by Crippen LogP contribution is -2.41. The van der Waals surface area contributed by atoms with E-state index in [4.69, 9.17) is 4.74 Å². The molecule has 6 heteroatoms. The van der Waals surface area contributed by atoms with Gasteiger partial charge in [0.25, 0.3) is 5.91 Å². The molecule has 1 saturated heterocycles. The third-order valence-corrected chi connectivity index (χ3v) is 6.84. The molecule has 140 valence electrons. The van der Waals surface area contributed by atoms with E-state index in [9.17, 15) is 4.79 Å². The molecule has 0 atom stereocenters. The summed E-state index contributed by atoms with van der Waals surface area (Å²) in [5.41, 5.74) is 2.36. The molecule has 0 unspecified atom stereocenters. The lowest BCUT2D eigenvalue weighted by molar-refractivity contribution is 0.0598. The van der Waals surface area contributed by atoms with Gasteiger partial charge in [0.05, 0.1) is 11.1 Å². The SMILES string of the molecule is Cc1ccc(C)c(OC2CCN(C(=O)c3cnc(-c4cccs4)s3)CC2)c1. The number of likely N-dealkylation sites (tertiary alicyclic amines) is 1. The second-order valence-electron chi connectivity index (χ2n) is 6.89. The molecule has 0 spiro atoms. The number of hydrogen-bond acceptors (Lipinski definition) is 5. The largest absolute Gasteiger partial charge is 0.490 e. The third-order valence-electron chi connectivity index (χ3n) is 4.81.